The van der Waals surface area contributed by atoms with Crippen molar-refractivity contribution in [2.45, 2.75) is 24.0 Å². The highest BCUT2D eigenvalue weighted by molar-refractivity contribution is 7.98. The number of hydrogen-bond donors (Lipinski definition) is 1. The largest absolute Gasteiger partial charge is 0.495 e. The van der Waals surface area contributed by atoms with Crippen LogP contribution in [0.15, 0.2) is 71.6 Å². The van der Waals surface area contributed by atoms with Crippen molar-refractivity contribution in [3.63, 3.8) is 0 Å². The van der Waals surface area contributed by atoms with Gasteiger partial charge < -0.3 is 10.1 Å². The number of nitrogens with one attached hydrogen (secondary N) is 1. The fourth-order valence-electron chi connectivity index (χ4n) is 3.35. The lowest BCUT2D eigenvalue weighted by Crippen LogP contribution is -2.41. The summed E-state index contributed by atoms with van der Waals surface area (Å²) in [7, 11) is -2.63. The van der Waals surface area contributed by atoms with Gasteiger partial charge in [-0.25, -0.2) is 8.42 Å². The van der Waals surface area contributed by atoms with Gasteiger partial charge in [-0.1, -0.05) is 53.0 Å². The minimum absolute atomic E-state index is 0.0709. The lowest BCUT2D eigenvalue weighted by molar-refractivity contribution is -0.119. The summed E-state index contributed by atoms with van der Waals surface area (Å²) in [5, 5.41) is 3.86. The summed E-state index contributed by atoms with van der Waals surface area (Å²) in [6, 6.07) is 18.8. The van der Waals surface area contributed by atoms with Crippen LogP contribution in [-0.4, -0.2) is 40.3 Å². The van der Waals surface area contributed by atoms with Crippen molar-refractivity contribution in [1.29, 1.82) is 0 Å². The van der Waals surface area contributed by atoms with Crippen LogP contribution in [0.4, 0.5) is 5.69 Å². The molecule has 3 aromatic carbocycles. The number of sulfonamides is 1. The van der Waals surface area contributed by atoms with Gasteiger partial charge in [-0.3, -0.25) is 9.10 Å². The zero-order valence-corrected chi connectivity index (χ0v) is 23.2. The van der Waals surface area contributed by atoms with Gasteiger partial charge in [0, 0.05) is 22.3 Å². The first-order valence-electron chi connectivity index (χ1n) is 11.2. The number of benzene rings is 3. The Morgan fingerprint density at radius 2 is 1.67 bits per heavy atom. The molecule has 0 fully saturated rings. The van der Waals surface area contributed by atoms with E-state index < -0.39 is 22.5 Å². The monoisotopic (exact) mass is 566 g/mol. The molecule has 1 amide bonds. The molecule has 0 aliphatic rings. The Kier molecular flexibility index (Phi) is 10.4. The molecule has 3 rings (SSSR count). The van der Waals surface area contributed by atoms with E-state index in [1.54, 1.807) is 36.0 Å². The number of anilines is 1. The Morgan fingerprint density at radius 3 is 2.33 bits per heavy atom. The van der Waals surface area contributed by atoms with Gasteiger partial charge in [0.2, 0.25) is 5.91 Å². The second kappa shape index (κ2) is 13.2. The van der Waals surface area contributed by atoms with Gasteiger partial charge in [-0.05, 0) is 67.1 Å². The SMILES string of the molecule is COc1ccc(Cl)cc1N(CC(=O)NCCCSCc1ccc(Cl)cc1)S(=O)(=O)c1ccc(C)cc1. The van der Waals surface area contributed by atoms with Crippen LogP contribution in [0.25, 0.3) is 0 Å². The summed E-state index contributed by atoms with van der Waals surface area (Å²) >= 11 is 13.8. The molecule has 10 heteroatoms. The molecule has 0 radical (unpaired) electrons. The fourth-order valence-corrected chi connectivity index (χ4v) is 5.99. The number of nitrogens with zero attached hydrogens (tertiary/aromatic N) is 1. The number of carbonyl (C=O) groups is 1. The van der Waals surface area contributed by atoms with E-state index in [4.69, 9.17) is 27.9 Å². The standard InChI is InChI=1S/C26H28Cl2N2O4S2/c1-19-4-11-23(12-5-19)36(32,33)30(24-16-22(28)10-13-25(24)34-2)17-26(31)29-14-3-15-35-18-20-6-8-21(27)9-7-20/h4-13,16H,3,14-15,17-18H2,1-2H3,(H,29,31). The van der Waals surface area contributed by atoms with Crippen LogP contribution in [0, 0.1) is 6.92 Å². The molecule has 6 nitrogen and oxygen atoms in total. The van der Waals surface area contributed by atoms with Gasteiger partial charge in [0.1, 0.15) is 12.3 Å². The highest BCUT2D eigenvalue weighted by atomic mass is 35.5. The molecule has 0 heterocycles. The van der Waals surface area contributed by atoms with Crippen LogP contribution < -0.4 is 14.4 Å². The van der Waals surface area contributed by atoms with Gasteiger partial charge in [-0.2, -0.15) is 11.8 Å². The second-order valence-corrected chi connectivity index (χ2v) is 11.9. The Morgan fingerprint density at radius 1 is 1.00 bits per heavy atom. The van der Waals surface area contributed by atoms with Crippen molar-refractivity contribution in [1.82, 2.24) is 5.32 Å². The van der Waals surface area contributed by atoms with Crippen molar-refractivity contribution in [3.05, 3.63) is 87.9 Å². The van der Waals surface area contributed by atoms with E-state index in [9.17, 15) is 13.2 Å². The molecule has 3 aromatic rings. The maximum absolute atomic E-state index is 13.6. The Balaban J connectivity index is 1.66. The highest BCUT2D eigenvalue weighted by Crippen LogP contribution is 2.34. The molecule has 0 bridgehead atoms. The van der Waals surface area contributed by atoms with E-state index in [0.29, 0.717) is 22.3 Å². The van der Waals surface area contributed by atoms with Gasteiger partial charge in [-0.15, -0.1) is 0 Å². The van der Waals surface area contributed by atoms with E-state index >= 15 is 0 Å². The molecule has 192 valence electrons. The van der Waals surface area contributed by atoms with Gasteiger partial charge in [0.05, 0.1) is 17.7 Å². The molecular formula is C26H28Cl2N2O4S2. The van der Waals surface area contributed by atoms with E-state index in [1.165, 1.54) is 30.9 Å². The van der Waals surface area contributed by atoms with E-state index in [-0.39, 0.29) is 10.6 Å². The maximum atomic E-state index is 13.6. The Bertz CT molecular complexity index is 1270. The third-order valence-electron chi connectivity index (χ3n) is 5.28. The molecule has 1 N–H and O–H groups in total. The average Bonchev–Trinajstić information content (AvgIpc) is 2.86. The smallest absolute Gasteiger partial charge is 0.264 e. The number of ether oxygens (including phenoxy) is 1. The zero-order chi connectivity index (χ0) is 26.1. The summed E-state index contributed by atoms with van der Waals surface area (Å²) in [5.74, 6) is 1.57. The molecule has 0 atom stereocenters. The number of carbonyl (C=O) groups excluding carboxylic acids is 1. The number of amides is 1. The van der Waals surface area contributed by atoms with E-state index in [1.807, 2.05) is 31.2 Å². The van der Waals surface area contributed by atoms with Gasteiger partial charge in [0.25, 0.3) is 10.0 Å². The summed E-state index contributed by atoms with van der Waals surface area (Å²) in [6.45, 7) is 1.89. The van der Waals surface area contributed by atoms with Crippen LogP contribution in [-0.2, 0) is 20.6 Å². The highest BCUT2D eigenvalue weighted by Gasteiger charge is 2.29. The summed E-state index contributed by atoms with van der Waals surface area (Å²) in [6.07, 6.45) is 0.745. The molecule has 0 saturated heterocycles. The predicted octanol–water partition coefficient (Wildman–Crippen LogP) is 5.95. The third kappa shape index (κ3) is 7.80. The second-order valence-electron chi connectivity index (χ2n) is 8.02. The third-order valence-corrected chi connectivity index (χ3v) is 8.65. The van der Waals surface area contributed by atoms with E-state index in [0.717, 1.165) is 27.8 Å². The lowest BCUT2D eigenvalue weighted by Gasteiger charge is -2.26. The Labute approximate surface area is 227 Å². The van der Waals surface area contributed by atoms with Crippen molar-refractivity contribution >= 4 is 56.6 Å². The number of rotatable bonds is 12. The predicted molar refractivity (Wildman–Crippen MR) is 149 cm³/mol. The maximum Gasteiger partial charge on any atom is 0.264 e. The normalized spacial score (nSPS) is 11.2. The first-order valence-corrected chi connectivity index (χ1v) is 14.6. The number of hydrogen-bond acceptors (Lipinski definition) is 5. The molecule has 0 saturated carbocycles. The summed E-state index contributed by atoms with van der Waals surface area (Å²) in [4.78, 5) is 12.9. The summed E-state index contributed by atoms with van der Waals surface area (Å²) in [5.41, 5.74) is 2.30. The average molecular weight is 568 g/mol. The minimum atomic E-state index is -4.07. The van der Waals surface area contributed by atoms with E-state index in [2.05, 4.69) is 5.32 Å². The van der Waals surface area contributed by atoms with Crippen molar-refractivity contribution in [2.75, 3.05) is 30.3 Å². The molecule has 36 heavy (non-hydrogen) atoms. The van der Waals surface area contributed by atoms with Crippen molar-refractivity contribution < 1.29 is 17.9 Å². The van der Waals surface area contributed by atoms with Crippen LogP contribution in [0.5, 0.6) is 5.75 Å². The van der Waals surface area contributed by atoms with Gasteiger partial charge >= 0.3 is 0 Å². The van der Waals surface area contributed by atoms with Gasteiger partial charge in [0.15, 0.2) is 0 Å². The van der Waals surface area contributed by atoms with Crippen LogP contribution in [0.2, 0.25) is 10.0 Å². The van der Waals surface area contributed by atoms with Crippen molar-refractivity contribution in [2.24, 2.45) is 0 Å². The first kappa shape index (κ1) is 28.2. The number of aryl methyl sites for hydroxylation is 1. The number of thioether (sulfide) groups is 1. The molecule has 0 spiro atoms. The number of methoxy groups -OCH3 is 1. The zero-order valence-electron chi connectivity index (χ0n) is 20.0. The molecular weight excluding hydrogens is 539 g/mol. The molecule has 0 aromatic heterocycles. The molecule has 0 aliphatic carbocycles. The van der Waals surface area contributed by atoms with Crippen molar-refractivity contribution in [3.8, 4) is 5.75 Å². The Hall–Kier alpha value is -2.39. The molecule has 0 aliphatic heterocycles. The first-order chi connectivity index (χ1) is 17.2. The van der Waals surface area contributed by atoms with Crippen LogP contribution >= 0.6 is 35.0 Å². The number of halogens is 2. The fraction of sp³-hybridized carbons (Fsp3) is 0.269. The van der Waals surface area contributed by atoms with Crippen LogP contribution in [0.3, 0.4) is 0 Å². The minimum Gasteiger partial charge on any atom is -0.495 e. The summed E-state index contributed by atoms with van der Waals surface area (Å²) < 4.78 is 33.5. The quantitative estimate of drug-likeness (QED) is 0.274. The lowest BCUT2D eigenvalue weighted by atomic mass is 10.2. The molecule has 0 unspecified atom stereocenters. The topological polar surface area (TPSA) is 75.7 Å². The van der Waals surface area contributed by atoms with Crippen LogP contribution in [0.1, 0.15) is 17.5 Å².